The lowest BCUT2D eigenvalue weighted by molar-refractivity contribution is 0.0455. The summed E-state index contributed by atoms with van der Waals surface area (Å²) in [6, 6.07) is 11.8. The molecule has 43 heavy (non-hydrogen) atoms. The number of rotatable bonds is 0. The average molecular weight is 623 g/mol. The molecule has 2 saturated carbocycles. The molecule has 0 saturated heterocycles. The van der Waals surface area contributed by atoms with Crippen LogP contribution in [-0.4, -0.2) is 52.1 Å². The van der Waals surface area contributed by atoms with Crippen LogP contribution in [0, 0.1) is 17.3 Å². The van der Waals surface area contributed by atoms with Crippen LogP contribution in [0.3, 0.4) is 0 Å². The standard InChI is InChI=1S/C35H43ClN2O4S/c1-34-15-4-7-30(39)27-12-9-25(27)20-38-21-35(17-3-6-23-18-26(36)11-13-28(23)35)22-42-31-14-10-24(19-29(31)38)33(40)37-43(2,41)32(34)8-5-16-34/h4,7,10-11,13-14,18-19,25,27,30,32,39H,2-3,5-6,8-9,12,15-17,20-22H2,1H3,(H,37,40,41)/b7-4+/t25-,27+,30-,32+,34-,35-,43?/m0/s1. The smallest absolute Gasteiger partial charge is 0.262 e. The van der Waals surface area contributed by atoms with E-state index >= 15 is 0 Å². The molecule has 2 aromatic rings. The Kier molecular flexibility index (Phi) is 7.38. The van der Waals surface area contributed by atoms with Crippen molar-refractivity contribution >= 4 is 38.8 Å². The summed E-state index contributed by atoms with van der Waals surface area (Å²) < 4.78 is 23.5. The van der Waals surface area contributed by atoms with E-state index in [2.05, 4.69) is 40.6 Å². The van der Waals surface area contributed by atoms with E-state index in [9.17, 15) is 14.1 Å². The summed E-state index contributed by atoms with van der Waals surface area (Å²) in [4.78, 5) is 16.1. The van der Waals surface area contributed by atoms with Crippen LogP contribution in [0.1, 0.15) is 79.8 Å². The first-order valence-electron chi connectivity index (χ1n) is 15.9. The van der Waals surface area contributed by atoms with Crippen molar-refractivity contribution in [3.05, 3.63) is 70.3 Å². The predicted octanol–water partition coefficient (Wildman–Crippen LogP) is 6.08. The zero-order chi connectivity index (χ0) is 30.0. The highest BCUT2D eigenvalue weighted by Crippen LogP contribution is 2.48. The van der Waals surface area contributed by atoms with E-state index in [1.165, 1.54) is 11.1 Å². The van der Waals surface area contributed by atoms with Crippen molar-refractivity contribution in [2.24, 2.45) is 17.3 Å². The van der Waals surface area contributed by atoms with Crippen molar-refractivity contribution in [1.29, 1.82) is 0 Å². The Hall–Kier alpha value is -2.48. The number of anilines is 1. The molecule has 5 aliphatic rings. The SMILES string of the molecule is C=S1(=O)NC(=O)c2ccc3c(c2)N(C[C@@H]2CC[C@H]2[C@@H](O)/C=C/C[C@@]2(C)CCC[C@H]21)C[C@@]1(CCCc2cc(Cl)ccc21)CO3. The second kappa shape index (κ2) is 10.8. The number of aliphatic hydroxyl groups is 1. The maximum absolute atomic E-state index is 14.0. The fourth-order valence-corrected chi connectivity index (χ4v) is 11.2. The zero-order valence-electron chi connectivity index (χ0n) is 25.0. The number of carbonyl (C=O) groups excluding carboxylic acids is 1. The number of hydrogen-bond donors (Lipinski definition) is 2. The van der Waals surface area contributed by atoms with Crippen LogP contribution in [0.4, 0.5) is 5.69 Å². The van der Waals surface area contributed by atoms with E-state index < -0.39 is 15.8 Å². The molecule has 8 heteroatoms. The number of aryl methyl sites for hydroxylation is 1. The van der Waals surface area contributed by atoms with E-state index in [1.807, 2.05) is 24.3 Å². The van der Waals surface area contributed by atoms with Crippen molar-refractivity contribution < 1.29 is 18.8 Å². The summed E-state index contributed by atoms with van der Waals surface area (Å²) in [6.07, 6.45) is 12.0. The monoisotopic (exact) mass is 622 g/mol. The molecule has 230 valence electrons. The van der Waals surface area contributed by atoms with Gasteiger partial charge in [0.15, 0.2) is 0 Å². The van der Waals surface area contributed by atoms with Gasteiger partial charge in [-0.15, -0.1) is 0 Å². The number of allylic oxidation sites excluding steroid dienone is 1. The van der Waals surface area contributed by atoms with Crippen molar-refractivity contribution in [2.75, 3.05) is 24.6 Å². The van der Waals surface area contributed by atoms with Gasteiger partial charge in [0.05, 0.1) is 33.4 Å². The van der Waals surface area contributed by atoms with Crippen molar-refractivity contribution in [1.82, 2.24) is 4.72 Å². The van der Waals surface area contributed by atoms with Crippen molar-refractivity contribution in [3.8, 4) is 5.75 Å². The van der Waals surface area contributed by atoms with Crippen LogP contribution in [0.5, 0.6) is 5.75 Å². The number of carbonyl (C=O) groups is 1. The Labute approximate surface area is 261 Å². The Morgan fingerprint density at radius 1 is 1.14 bits per heavy atom. The second-order valence-electron chi connectivity index (χ2n) is 14.1. The van der Waals surface area contributed by atoms with Gasteiger partial charge in [-0.2, -0.15) is 0 Å². The van der Waals surface area contributed by atoms with Crippen molar-refractivity contribution in [2.45, 2.75) is 81.5 Å². The van der Waals surface area contributed by atoms with Gasteiger partial charge < -0.3 is 14.7 Å². The molecule has 3 aliphatic carbocycles. The summed E-state index contributed by atoms with van der Waals surface area (Å²) in [5.41, 5.74) is 3.47. The van der Waals surface area contributed by atoms with Crippen LogP contribution in [0.2, 0.25) is 5.02 Å². The summed E-state index contributed by atoms with van der Waals surface area (Å²) in [7, 11) is -2.92. The number of ether oxygens (including phenoxy) is 1. The molecular weight excluding hydrogens is 580 g/mol. The van der Waals surface area contributed by atoms with E-state index in [-0.39, 0.29) is 27.9 Å². The first kappa shape index (κ1) is 29.2. The summed E-state index contributed by atoms with van der Waals surface area (Å²) in [5.74, 6) is 5.01. The Morgan fingerprint density at radius 3 is 2.81 bits per heavy atom. The molecule has 2 bridgehead atoms. The lowest BCUT2D eigenvalue weighted by Crippen LogP contribution is -2.49. The van der Waals surface area contributed by atoms with Crippen LogP contribution in [0.25, 0.3) is 0 Å². The number of amides is 1. The fraction of sp³-hybridized carbons (Fsp3) is 0.543. The number of benzene rings is 2. The Balaban J connectivity index is 1.30. The zero-order valence-corrected chi connectivity index (χ0v) is 26.6. The lowest BCUT2D eigenvalue weighted by atomic mass is 9.68. The quantitative estimate of drug-likeness (QED) is 0.275. The van der Waals surface area contributed by atoms with Crippen LogP contribution >= 0.6 is 11.6 Å². The minimum atomic E-state index is -2.92. The molecule has 2 heterocycles. The van der Waals surface area contributed by atoms with Gasteiger partial charge in [-0.05, 0) is 116 Å². The van der Waals surface area contributed by atoms with Crippen LogP contribution in [-0.2, 0) is 21.5 Å². The highest BCUT2D eigenvalue weighted by Gasteiger charge is 2.46. The molecule has 1 amide bonds. The van der Waals surface area contributed by atoms with E-state index in [0.717, 1.165) is 80.9 Å². The average Bonchev–Trinajstić information content (AvgIpc) is 3.27. The normalized spacial score (nSPS) is 38.0. The molecule has 0 aromatic heterocycles. The van der Waals surface area contributed by atoms with Gasteiger partial charge in [0.1, 0.15) is 5.75 Å². The number of hydrogen-bond acceptors (Lipinski definition) is 5. The second-order valence-corrected chi connectivity index (χ2v) is 16.8. The topological polar surface area (TPSA) is 78.9 Å². The minimum absolute atomic E-state index is 0.181. The van der Waals surface area contributed by atoms with E-state index in [4.69, 9.17) is 16.3 Å². The van der Waals surface area contributed by atoms with Gasteiger partial charge in [-0.1, -0.05) is 43.2 Å². The van der Waals surface area contributed by atoms with Gasteiger partial charge in [-0.25, -0.2) is 4.21 Å². The maximum Gasteiger partial charge on any atom is 0.262 e. The number of halogens is 1. The first-order valence-corrected chi connectivity index (χ1v) is 18.1. The number of nitrogens with one attached hydrogen (secondary N) is 1. The number of nitrogens with zero attached hydrogens (tertiary/aromatic N) is 1. The molecule has 2 aliphatic heterocycles. The predicted molar refractivity (Wildman–Crippen MR) is 175 cm³/mol. The van der Waals surface area contributed by atoms with Gasteiger partial charge in [0, 0.05) is 29.1 Å². The molecule has 7 rings (SSSR count). The third kappa shape index (κ3) is 5.19. The fourth-order valence-electron chi connectivity index (χ4n) is 8.80. The van der Waals surface area contributed by atoms with E-state index in [0.29, 0.717) is 24.5 Å². The van der Waals surface area contributed by atoms with Gasteiger partial charge in [0.25, 0.3) is 5.91 Å². The van der Waals surface area contributed by atoms with Gasteiger partial charge in [-0.3, -0.25) is 9.52 Å². The molecule has 6 nitrogen and oxygen atoms in total. The highest BCUT2D eigenvalue weighted by molar-refractivity contribution is 7.99. The Morgan fingerprint density at radius 2 is 2.00 bits per heavy atom. The largest absolute Gasteiger partial charge is 0.490 e. The van der Waals surface area contributed by atoms with E-state index in [1.54, 1.807) is 6.07 Å². The summed E-state index contributed by atoms with van der Waals surface area (Å²) in [5, 5.41) is 11.9. The third-order valence-corrected chi connectivity index (χ3v) is 13.8. The lowest BCUT2D eigenvalue weighted by Gasteiger charge is -2.45. The molecule has 2 fully saturated rings. The highest BCUT2D eigenvalue weighted by atomic mass is 35.5. The van der Waals surface area contributed by atoms with Crippen LogP contribution in [0.15, 0.2) is 48.6 Å². The molecule has 0 radical (unpaired) electrons. The molecule has 1 unspecified atom stereocenters. The summed E-state index contributed by atoms with van der Waals surface area (Å²) >= 11 is 6.42. The van der Waals surface area contributed by atoms with Gasteiger partial charge in [0.2, 0.25) is 0 Å². The number of fused-ring (bicyclic) bond motifs is 5. The maximum atomic E-state index is 14.0. The molecule has 2 N–H and O–H groups in total. The number of aliphatic hydroxyl groups excluding tert-OH is 1. The van der Waals surface area contributed by atoms with Crippen LogP contribution < -0.4 is 14.4 Å². The molecule has 1 spiro atoms. The summed E-state index contributed by atoms with van der Waals surface area (Å²) in [6.45, 7) is 4.22. The van der Waals surface area contributed by atoms with Gasteiger partial charge >= 0.3 is 0 Å². The first-order chi connectivity index (χ1) is 20.6. The minimum Gasteiger partial charge on any atom is -0.490 e. The van der Waals surface area contributed by atoms with Crippen molar-refractivity contribution in [3.63, 3.8) is 0 Å². The Bertz CT molecular complexity index is 1570. The molecule has 2 aromatic carbocycles. The molecular formula is C35H43ClN2O4S. The third-order valence-electron chi connectivity index (χ3n) is 11.3. The molecule has 7 atom stereocenters.